The first kappa shape index (κ1) is 13.7. The Morgan fingerprint density at radius 2 is 1.79 bits per heavy atom. The number of rotatable bonds is 3. The van der Waals surface area contributed by atoms with E-state index in [0.29, 0.717) is 17.9 Å². The zero-order chi connectivity index (χ0) is 14.2. The SMILES string of the molecule is C=C1c2cc(OC)c(OC)cc2CC(=O)C1C(C)C. The van der Waals surface area contributed by atoms with Crippen molar-refractivity contribution >= 4 is 11.4 Å². The highest BCUT2D eigenvalue weighted by Crippen LogP contribution is 2.41. The van der Waals surface area contributed by atoms with Crippen LogP contribution in [0.2, 0.25) is 0 Å². The minimum absolute atomic E-state index is 0.0920. The number of methoxy groups -OCH3 is 2. The van der Waals surface area contributed by atoms with E-state index in [2.05, 4.69) is 20.4 Å². The average Bonchev–Trinajstić information content (AvgIpc) is 2.36. The second-order valence-electron chi connectivity index (χ2n) is 5.25. The monoisotopic (exact) mass is 260 g/mol. The number of benzene rings is 1. The second-order valence-corrected chi connectivity index (χ2v) is 5.25. The van der Waals surface area contributed by atoms with Crippen LogP contribution in [0.3, 0.4) is 0 Å². The van der Waals surface area contributed by atoms with Gasteiger partial charge in [0.2, 0.25) is 0 Å². The van der Waals surface area contributed by atoms with Crippen LogP contribution in [0.5, 0.6) is 11.5 Å². The highest BCUT2D eigenvalue weighted by atomic mass is 16.5. The predicted octanol–water partition coefficient (Wildman–Crippen LogP) is 3.11. The summed E-state index contributed by atoms with van der Waals surface area (Å²) in [6.07, 6.45) is 0.442. The maximum atomic E-state index is 12.2. The summed E-state index contributed by atoms with van der Waals surface area (Å²) in [6.45, 7) is 8.23. The first-order valence-corrected chi connectivity index (χ1v) is 6.46. The lowest BCUT2D eigenvalue weighted by Crippen LogP contribution is -2.28. The Labute approximate surface area is 114 Å². The molecule has 0 spiro atoms. The molecule has 19 heavy (non-hydrogen) atoms. The molecule has 0 aliphatic heterocycles. The van der Waals surface area contributed by atoms with Crippen LogP contribution in [0.1, 0.15) is 25.0 Å². The molecule has 0 aromatic heterocycles. The molecule has 1 atom stereocenters. The summed E-state index contributed by atoms with van der Waals surface area (Å²) in [6, 6.07) is 3.81. The van der Waals surface area contributed by atoms with E-state index in [9.17, 15) is 4.79 Å². The number of fused-ring (bicyclic) bond motifs is 1. The number of hydrogen-bond acceptors (Lipinski definition) is 3. The third-order valence-electron chi connectivity index (χ3n) is 3.71. The van der Waals surface area contributed by atoms with Gasteiger partial charge in [0, 0.05) is 12.3 Å². The van der Waals surface area contributed by atoms with Crippen LogP contribution >= 0.6 is 0 Å². The molecule has 0 heterocycles. The van der Waals surface area contributed by atoms with Crippen LogP contribution in [0.15, 0.2) is 18.7 Å². The van der Waals surface area contributed by atoms with E-state index in [4.69, 9.17) is 9.47 Å². The molecule has 0 radical (unpaired) electrons. The van der Waals surface area contributed by atoms with E-state index in [1.54, 1.807) is 14.2 Å². The van der Waals surface area contributed by atoms with Gasteiger partial charge >= 0.3 is 0 Å². The first-order valence-electron chi connectivity index (χ1n) is 6.46. The number of carbonyl (C=O) groups is 1. The Hall–Kier alpha value is -1.77. The lowest BCUT2D eigenvalue weighted by atomic mass is 9.74. The molecule has 0 saturated heterocycles. The normalized spacial score (nSPS) is 18.5. The molecule has 0 N–H and O–H groups in total. The van der Waals surface area contributed by atoms with Crippen LogP contribution in [0.4, 0.5) is 0 Å². The van der Waals surface area contributed by atoms with Crippen molar-refractivity contribution in [2.75, 3.05) is 14.2 Å². The van der Waals surface area contributed by atoms with E-state index < -0.39 is 0 Å². The molecule has 0 bridgehead atoms. The Morgan fingerprint density at radius 1 is 1.21 bits per heavy atom. The molecule has 3 heteroatoms. The largest absolute Gasteiger partial charge is 0.493 e. The number of Topliss-reactive ketones (excluding diaryl/α,β-unsaturated/α-hetero) is 1. The van der Waals surface area contributed by atoms with Crippen LogP contribution in [0.25, 0.3) is 5.57 Å². The molecule has 1 aromatic rings. The number of ketones is 1. The molecule has 1 unspecified atom stereocenters. The van der Waals surface area contributed by atoms with Crippen LogP contribution in [-0.4, -0.2) is 20.0 Å². The van der Waals surface area contributed by atoms with Crippen molar-refractivity contribution in [2.24, 2.45) is 11.8 Å². The molecule has 1 aliphatic rings. The van der Waals surface area contributed by atoms with Crippen LogP contribution in [0, 0.1) is 11.8 Å². The summed E-state index contributed by atoms with van der Waals surface area (Å²) < 4.78 is 10.6. The van der Waals surface area contributed by atoms with E-state index in [1.165, 1.54) is 0 Å². The van der Waals surface area contributed by atoms with Crippen molar-refractivity contribution in [1.82, 2.24) is 0 Å². The van der Waals surface area contributed by atoms with Gasteiger partial charge in [-0.3, -0.25) is 4.79 Å². The summed E-state index contributed by atoms with van der Waals surface area (Å²) >= 11 is 0. The highest BCUT2D eigenvalue weighted by molar-refractivity contribution is 5.99. The zero-order valence-corrected chi connectivity index (χ0v) is 11.9. The molecule has 0 fully saturated rings. The van der Waals surface area contributed by atoms with Gasteiger partial charge in [-0.05, 0) is 34.8 Å². The summed E-state index contributed by atoms with van der Waals surface area (Å²) in [5, 5.41) is 0. The van der Waals surface area contributed by atoms with Crippen molar-refractivity contribution in [3.05, 3.63) is 29.8 Å². The quantitative estimate of drug-likeness (QED) is 0.837. The zero-order valence-electron chi connectivity index (χ0n) is 11.9. The smallest absolute Gasteiger partial charge is 0.161 e. The van der Waals surface area contributed by atoms with E-state index in [-0.39, 0.29) is 17.6 Å². The van der Waals surface area contributed by atoms with Gasteiger partial charge in [-0.15, -0.1) is 0 Å². The van der Waals surface area contributed by atoms with Gasteiger partial charge in [0.25, 0.3) is 0 Å². The third kappa shape index (κ3) is 2.25. The van der Waals surface area contributed by atoms with Gasteiger partial charge in [0.05, 0.1) is 14.2 Å². The third-order valence-corrected chi connectivity index (χ3v) is 3.71. The van der Waals surface area contributed by atoms with Gasteiger partial charge in [-0.2, -0.15) is 0 Å². The topological polar surface area (TPSA) is 35.5 Å². The van der Waals surface area contributed by atoms with Crippen LogP contribution in [-0.2, 0) is 11.2 Å². The number of carbonyl (C=O) groups excluding carboxylic acids is 1. The van der Waals surface area contributed by atoms with E-state index >= 15 is 0 Å². The Balaban J connectivity index is 2.54. The average molecular weight is 260 g/mol. The van der Waals surface area contributed by atoms with Crippen molar-refractivity contribution in [1.29, 1.82) is 0 Å². The van der Waals surface area contributed by atoms with Gasteiger partial charge < -0.3 is 9.47 Å². The van der Waals surface area contributed by atoms with Crippen molar-refractivity contribution in [3.63, 3.8) is 0 Å². The number of hydrogen-bond donors (Lipinski definition) is 0. The molecule has 102 valence electrons. The standard InChI is InChI=1S/C16H20O3/c1-9(2)16-10(3)12-8-15(19-5)14(18-4)7-11(12)6-13(16)17/h7-9,16H,3,6H2,1-2,4-5H3. The molecular weight excluding hydrogens is 240 g/mol. The summed E-state index contributed by atoms with van der Waals surface area (Å²) in [5.74, 6) is 1.75. The van der Waals surface area contributed by atoms with Crippen molar-refractivity contribution in [2.45, 2.75) is 20.3 Å². The minimum atomic E-state index is -0.0920. The molecular formula is C16H20O3. The lowest BCUT2D eigenvalue weighted by Gasteiger charge is -2.29. The van der Waals surface area contributed by atoms with Gasteiger partial charge in [0.15, 0.2) is 11.5 Å². The number of ether oxygens (including phenoxy) is 2. The van der Waals surface area contributed by atoms with Gasteiger partial charge in [0.1, 0.15) is 5.78 Å². The fourth-order valence-electron chi connectivity index (χ4n) is 2.80. The molecule has 1 aromatic carbocycles. The predicted molar refractivity (Wildman–Crippen MR) is 75.6 cm³/mol. The lowest BCUT2D eigenvalue weighted by molar-refractivity contribution is -0.121. The summed E-state index contributed by atoms with van der Waals surface area (Å²) in [4.78, 5) is 12.2. The fourth-order valence-corrected chi connectivity index (χ4v) is 2.80. The Bertz CT molecular complexity index is 529. The first-order chi connectivity index (χ1) is 8.99. The van der Waals surface area contributed by atoms with Crippen LogP contribution < -0.4 is 9.47 Å². The maximum Gasteiger partial charge on any atom is 0.161 e. The molecule has 0 amide bonds. The molecule has 2 rings (SSSR count). The second kappa shape index (κ2) is 5.08. The van der Waals surface area contributed by atoms with Gasteiger partial charge in [-0.25, -0.2) is 0 Å². The van der Waals surface area contributed by atoms with Gasteiger partial charge in [-0.1, -0.05) is 20.4 Å². The van der Waals surface area contributed by atoms with Crippen molar-refractivity contribution < 1.29 is 14.3 Å². The number of allylic oxidation sites excluding steroid dienone is 1. The molecule has 0 saturated carbocycles. The Kier molecular flexibility index (Phi) is 3.65. The fraction of sp³-hybridized carbons (Fsp3) is 0.438. The maximum absolute atomic E-state index is 12.2. The molecule has 3 nitrogen and oxygen atoms in total. The Morgan fingerprint density at radius 3 is 2.32 bits per heavy atom. The highest BCUT2D eigenvalue weighted by Gasteiger charge is 2.32. The molecule has 1 aliphatic carbocycles. The summed E-state index contributed by atoms with van der Waals surface area (Å²) in [7, 11) is 3.21. The summed E-state index contributed by atoms with van der Waals surface area (Å²) in [5.41, 5.74) is 2.89. The minimum Gasteiger partial charge on any atom is -0.493 e. The van der Waals surface area contributed by atoms with E-state index in [0.717, 1.165) is 16.7 Å². The van der Waals surface area contributed by atoms with Crippen molar-refractivity contribution in [3.8, 4) is 11.5 Å². The van der Waals surface area contributed by atoms with E-state index in [1.807, 2.05) is 12.1 Å².